The summed E-state index contributed by atoms with van der Waals surface area (Å²) >= 11 is 6.02. The molecule has 0 radical (unpaired) electrons. The van der Waals surface area contributed by atoms with E-state index >= 15 is 0 Å². The zero-order valence-corrected chi connectivity index (χ0v) is 18.8. The number of ether oxygens (including phenoxy) is 1. The lowest BCUT2D eigenvalue weighted by atomic mass is 10.2. The number of aliphatic imine (C=N–C) groups is 1. The summed E-state index contributed by atoms with van der Waals surface area (Å²) in [5.41, 5.74) is 4.45. The summed E-state index contributed by atoms with van der Waals surface area (Å²) < 4.78 is 7.12. The van der Waals surface area contributed by atoms with Crippen molar-refractivity contribution in [3.63, 3.8) is 0 Å². The van der Waals surface area contributed by atoms with Crippen molar-refractivity contribution in [3.8, 4) is 0 Å². The Morgan fingerprint density at radius 3 is 2.65 bits per heavy atom. The van der Waals surface area contributed by atoms with Crippen LogP contribution in [0.2, 0.25) is 5.02 Å². The Hall–Kier alpha value is -1.32. The van der Waals surface area contributed by atoms with Crippen LogP contribution in [0.25, 0.3) is 0 Å². The molecule has 0 unspecified atom stereocenters. The largest absolute Gasteiger partial charge is 0.383 e. The van der Waals surface area contributed by atoms with Crippen molar-refractivity contribution < 1.29 is 4.74 Å². The first-order valence-electron chi connectivity index (χ1n) is 8.26. The van der Waals surface area contributed by atoms with E-state index in [0.29, 0.717) is 19.7 Å². The number of nitrogens with one attached hydrogen (secondary N) is 2. The van der Waals surface area contributed by atoms with E-state index in [1.54, 1.807) is 14.2 Å². The van der Waals surface area contributed by atoms with E-state index in [1.807, 2.05) is 35.9 Å². The Labute approximate surface area is 177 Å². The maximum Gasteiger partial charge on any atom is 0.191 e. The lowest BCUT2D eigenvalue weighted by Gasteiger charge is -2.12. The number of aryl methyl sites for hydroxylation is 1. The second-order valence-corrected chi connectivity index (χ2v) is 6.21. The van der Waals surface area contributed by atoms with Crippen molar-refractivity contribution in [2.75, 3.05) is 20.8 Å². The van der Waals surface area contributed by atoms with Gasteiger partial charge in [-0.15, -0.1) is 24.0 Å². The summed E-state index contributed by atoms with van der Waals surface area (Å²) in [4.78, 5) is 4.27. The highest BCUT2D eigenvalue weighted by Gasteiger charge is 2.11. The van der Waals surface area contributed by atoms with Crippen molar-refractivity contribution in [1.82, 2.24) is 20.4 Å². The van der Waals surface area contributed by atoms with E-state index in [9.17, 15) is 0 Å². The molecule has 8 heteroatoms. The normalized spacial score (nSPS) is 11.2. The summed E-state index contributed by atoms with van der Waals surface area (Å²) in [5, 5.41) is 11.9. The molecule has 1 aromatic heterocycles. The molecule has 0 amide bonds. The highest BCUT2D eigenvalue weighted by atomic mass is 127. The fourth-order valence-electron chi connectivity index (χ4n) is 2.61. The van der Waals surface area contributed by atoms with E-state index in [0.717, 1.165) is 34.5 Å². The minimum atomic E-state index is 0. The molecule has 0 spiro atoms. The molecule has 1 heterocycles. The van der Waals surface area contributed by atoms with Gasteiger partial charge in [-0.1, -0.05) is 23.7 Å². The third-order valence-corrected chi connectivity index (χ3v) is 4.28. The summed E-state index contributed by atoms with van der Waals surface area (Å²) in [6.07, 6.45) is 0. The first kappa shape index (κ1) is 22.7. The maximum atomic E-state index is 6.02. The number of methoxy groups -OCH3 is 1. The van der Waals surface area contributed by atoms with Crippen LogP contribution >= 0.6 is 35.6 Å². The van der Waals surface area contributed by atoms with Crippen molar-refractivity contribution >= 4 is 41.5 Å². The second-order valence-electron chi connectivity index (χ2n) is 5.77. The summed E-state index contributed by atoms with van der Waals surface area (Å²) in [6.45, 7) is 6.83. The van der Waals surface area contributed by atoms with Gasteiger partial charge in [-0.2, -0.15) is 5.10 Å². The highest BCUT2D eigenvalue weighted by molar-refractivity contribution is 14.0. The summed E-state index contributed by atoms with van der Waals surface area (Å²) in [5.74, 6) is 0.739. The van der Waals surface area contributed by atoms with E-state index in [2.05, 4.69) is 27.6 Å². The van der Waals surface area contributed by atoms with Gasteiger partial charge < -0.3 is 15.4 Å². The SMILES string of the molecule is CN=C(NCc1cccc(Cl)c1)NCc1c(C)nn(CCOC)c1C.I. The quantitative estimate of drug-likeness (QED) is 0.354. The first-order valence-corrected chi connectivity index (χ1v) is 8.63. The first-order chi connectivity index (χ1) is 12.0. The van der Waals surface area contributed by atoms with Gasteiger partial charge in [0, 0.05) is 43.5 Å². The standard InChI is InChI=1S/C18H26ClN5O.HI/c1-13-17(14(2)24(23-13)8-9-25-4)12-22-18(20-3)21-11-15-6-5-7-16(19)10-15;/h5-7,10H,8-9,11-12H2,1-4H3,(H2,20,21,22);1H. The van der Waals surface area contributed by atoms with Crippen molar-refractivity contribution in [1.29, 1.82) is 0 Å². The van der Waals surface area contributed by atoms with Crippen LogP contribution in [0.5, 0.6) is 0 Å². The van der Waals surface area contributed by atoms with Gasteiger partial charge in [0.1, 0.15) is 0 Å². The topological polar surface area (TPSA) is 63.5 Å². The number of rotatable bonds is 7. The fraction of sp³-hybridized carbons (Fsp3) is 0.444. The minimum Gasteiger partial charge on any atom is -0.383 e. The number of hydrogen-bond donors (Lipinski definition) is 2. The van der Waals surface area contributed by atoms with Crippen molar-refractivity contribution in [3.05, 3.63) is 51.8 Å². The maximum absolute atomic E-state index is 6.02. The molecule has 0 atom stereocenters. The number of aromatic nitrogens is 2. The zero-order chi connectivity index (χ0) is 18.2. The number of hydrogen-bond acceptors (Lipinski definition) is 3. The van der Waals surface area contributed by atoms with Crippen LogP contribution in [0.3, 0.4) is 0 Å². The van der Waals surface area contributed by atoms with Gasteiger partial charge in [0.25, 0.3) is 0 Å². The van der Waals surface area contributed by atoms with Crippen LogP contribution in [0, 0.1) is 13.8 Å². The molecule has 1 aromatic carbocycles. The zero-order valence-electron chi connectivity index (χ0n) is 15.7. The number of halogens is 2. The van der Waals surface area contributed by atoms with Gasteiger partial charge in [0.2, 0.25) is 0 Å². The molecule has 0 fully saturated rings. The van der Waals surface area contributed by atoms with Gasteiger partial charge in [-0.3, -0.25) is 9.67 Å². The molecule has 2 aromatic rings. The second kappa shape index (κ2) is 11.4. The van der Waals surface area contributed by atoms with E-state index in [1.165, 1.54) is 5.56 Å². The van der Waals surface area contributed by atoms with Crippen molar-refractivity contribution in [2.24, 2.45) is 4.99 Å². The van der Waals surface area contributed by atoms with E-state index in [4.69, 9.17) is 16.3 Å². The van der Waals surface area contributed by atoms with Crippen LogP contribution in [0.15, 0.2) is 29.3 Å². The molecule has 26 heavy (non-hydrogen) atoms. The van der Waals surface area contributed by atoms with E-state index in [-0.39, 0.29) is 24.0 Å². The van der Waals surface area contributed by atoms with Gasteiger partial charge in [-0.25, -0.2) is 0 Å². The molecule has 0 aliphatic carbocycles. The Bertz CT molecular complexity index is 732. The smallest absolute Gasteiger partial charge is 0.191 e. The van der Waals surface area contributed by atoms with Crippen molar-refractivity contribution in [2.45, 2.75) is 33.5 Å². The molecule has 2 rings (SSSR count). The Morgan fingerprint density at radius 2 is 2.00 bits per heavy atom. The monoisotopic (exact) mass is 491 g/mol. The van der Waals surface area contributed by atoms with E-state index < -0.39 is 0 Å². The fourth-order valence-corrected chi connectivity index (χ4v) is 2.82. The van der Waals surface area contributed by atoms with Gasteiger partial charge in [-0.05, 0) is 31.5 Å². The molecule has 0 saturated carbocycles. The number of guanidine groups is 1. The highest BCUT2D eigenvalue weighted by Crippen LogP contribution is 2.13. The Morgan fingerprint density at radius 1 is 1.27 bits per heavy atom. The Kier molecular flexibility index (Phi) is 9.97. The molecule has 0 bridgehead atoms. The van der Waals surface area contributed by atoms with Crippen LogP contribution in [0.4, 0.5) is 0 Å². The molecule has 2 N–H and O–H groups in total. The Balaban J connectivity index is 0.00000338. The average molecular weight is 492 g/mol. The molecule has 144 valence electrons. The molecule has 0 aliphatic rings. The lowest BCUT2D eigenvalue weighted by molar-refractivity contribution is 0.182. The van der Waals surface area contributed by atoms with Crippen LogP contribution < -0.4 is 10.6 Å². The molecule has 0 saturated heterocycles. The predicted molar refractivity (Wildman–Crippen MR) is 117 cm³/mol. The molecule has 0 aliphatic heterocycles. The van der Waals surface area contributed by atoms with Gasteiger partial charge >= 0.3 is 0 Å². The lowest BCUT2D eigenvalue weighted by Crippen LogP contribution is -2.36. The predicted octanol–water partition coefficient (Wildman–Crippen LogP) is 3.28. The number of nitrogens with zero attached hydrogens (tertiary/aromatic N) is 3. The van der Waals surface area contributed by atoms with Gasteiger partial charge in [0.05, 0.1) is 18.8 Å². The van der Waals surface area contributed by atoms with Crippen LogP contribution in [0.1, 0.15) is 22.5 Å². The summed E-state index contributed by atoms with van der Waals surface area (Å²) in [7, 11) is 3.46. The molecular formula is C18H27ClIN5O. The summed E-state index contributed by atoms with van der Waals surface area (Å²) in [6, 6.07) is 7.78. The third-order valence-electron chi connectivity index (χ3n) is 4.04. The number of benzene rings is 1. The average Bonchev–Trinajstić information content (AvgIpc) is 2.87. The van der Waals surface area contributed by atoms with Crippen LogP contribution in [-0.2, 0) is 24.4 Å². The minimum absolute atomic E-state index is 0. The third kappa shape index (κ3) is 6.44. The van der Waals surface area contributed by atoms with Gasteiger partial charge in [0.15, 0.2) is 5.96 Å². The van der Waals surface area contributed by atoms with Crippen LogP contribution in [-0.4, -0.2) is 36.5 Å². The molecule has 6 nitrogen and oxygen atoms in total. The molecular weight excluding hydrogens is 465 g/mol.